The van der Waals surface area contributed by atoms with Crippen molar-refractivity contribution in [3.8, 4) is 0 Å². The summed E-state index contributed by atoms with van der Waals surface area (Å²) in [5.41, 5.74) is 2.61. The van der Waals surface area contributed by atoms with E-state index in [-0.39, 0.29) is 5.91 Å². The van der Waals surface area contributed by atoms with Gasteiger partial charge in [0.2, 0.25) is 0 Å². The predicted octanol–water partition coefficient (Wildman–Crippen LogP) is 1.78. The number of amides is 1. The minimum atomic E-state index is 0.147. The number of rotatable bonds is 3. The van der Waals surface area contributed by atoms with E-state index in [4.69, 9.17) is 4.74 Å². The van der Waals surface area contributed by atoms with Crippen molar-refractivity contribution in [2.24, 2.45) is 0 Å². The Morgan fingerprint density at radius 3 is 3.00 bits per heavy atom. The molecule has 0 unspecified atom stereocenters. The Morgan fingerprint density at radius 2 is 2.29 bits per heavy atom. The first-order valence-electron chi connectivity index (χ1n) is 7.77. The van der Waals surface area contributed by atoms with E-state index in [1.54, 1.807) is 5.51 Å². The van der Waals surface area contributed by atoms with Gasteiger partial charge in [0.15, 0.2) is 0 Å². The average Bonchev–Trinajstić information content (AvgIpc) is 3.07. The molecule has 2 fully saturated rings. The molecule has 0 saturated carbocycles. The number of ether oxygens (including phenoxy) is 1. The van der Waals surface area contributed by atoms with Crippen LogP contribution in [-0.4, -0.2) is 66.1 Å². The monoisotopic (exact) mass is 309 g/mol. The Hall–Kier alpha value is -0.980. The third-order valence-corrected chi connectivity index (χ3v) is 5.22. The van der Waals surface area contributed by atoms with Crippen LogP contribution < -0.4 is 0 Å². The zero-order chi connectivity index (χ0) is 14.7. The quantitative estimate of drug-likeness (QED) is 0.854. The zero-order valence-electron chi connectivity index (χ0n) is 12.6. The van der Waals surface area contributed by atoms with Crippen molar-refractivity contribution in [3.63, 3.8) is 0 Å². The topological polar surface area (TPSA) is 45.7 Å². The summed E-state index contributed by atoms with van der Waals surface area (Å²) < 4.78 is 5.72. The molecule has 2 aliphatic rings. The normalized spacial score (nSPS) is 24.2. The van der Waals surface area contributed by atoms with Gasteiger partial charge in [-0.05, 0) is 32.7 Å². The first-order chi connectivity index (χ1) is 10.2. The molecule has 21 heavy (non-hydrogen) atoms. The van der Waals surface area contributed by atoms with Crippen LogP contribution in [-0.2, 0) is 4.74 Å². The lowest BCUT2D eigenvalue weighted by molar-refractivity contribution is 0.0706. The lowest BCUT2D eigenvalue weighted by Gasteiger charge is -2.23. The molecule has 3 rings (SSSR count). The average molecular weight is 309 g/mol. The van der Waals surface area contributed by atoms with Crippen LogP contribution in [0.5, 0.6) is 0 Å². The van der Waals surface area contributed by atoms with Crippen molar-refractivity contribution in [1.82, 2.24) is 14.8 Å². The smallest absolute Gasteiger partial charge is 0.265 e. The molecular weight excluding hydrogens is 286 g/mol. The predicted molar refractivity (Wildman–Crippen MR) is 82.8 cm³/mol. The minimum absolute atomic E-state index is 0.147. The van der Waals surface area contributed by atoms with E-state index in [1.807, 2.05) is 11.8 Å². The van der Waals surface area contributed by atoms with Crippen LogP contribution >= 0.6 is 11.3 Å². The minimum Gasteiger partial charge on any atom is -0.377 e. The van der Waals surface area contributed by atoms with E-state index in [2.05, 4.69) is 9.88 Å². The van der Waals surface area contributed by atoms with Gasteiger partial charge in [0, 0.05) is 32.8 Å². The largest absolute Gasteiger partial charge is 0.377 e. The van der Waals surface area contributed by atoms with E-state index in [0.717, 1.165) is 56.3 Å². The molecule has 1 atom stereocenters. The number of nitrogens with zero attached hydrogens (tertiary/aromatic N) is 3. The molecule has 3 heterocycles. The standard InChI is InChI=1S/C15H23N3O2S/c1-12-14(21-11-16-12)15(19)18-6-3-5-17(7-8-18)10-13-4-2-9-20-13/h11,13H,2-10H2,1H3/t13-/m0/s1. The Bertz CT molecular complexity index is 485. The second kappa shape index (κ2) is 6.85. The number of carbonyl (C=O) groups is 1. The molecule has 2 aliphatic heterocycles. The maximum atomic E-state index is 12.5. The fourth-order valence-corrected chi connectivity index (χ4v) is 3.85. The van der Waals surface area contributed by atoms with Gasteiger partial charge < -0.3 is 9.64 Å². The molecule has 2 saturated heterocycles. The molecule has 0 bridgehead atoms. The van der Waals surface area contributed by atoms with Crippen LogP contribution in [0.2, 0.25) is 0 Å². The van der Waals surface area contributed by atoms with Gasteiger partial charge in [-0.2, -0.15) is 0 Å². The molecule has 1 aromatic rings. The van der Waals surface area contributed by atoms with Crippen LogP contribution in [0.25, 0.3) is 0 Å². The second-order valence-corrected chi connectivity index (χ2v) is 6.70. The van der Waals surface area contributed by atoms with E-state index in [0.29, 0.717) is 6.10 Å². The van der Waals surface area contributed by atoms with Gasteiger partial charge in [-0.3, -0.25) is 9.69 Å². The molecule has 0 aromatic carbocycles. The van der Waals surface area contributed by atoms with Crippen molar-refractivity contribution in [3.05, 3.63) is 16.1 Å². The summed E-state index contributed by atoms with van der Waals surface area (Å²) in [6, 6.07) is 0. The second-order valence-electron chi connectivity index (χ2n) is 5.85. The molecule has 0 N–H and O–H groups in total. The van der Waals surface area contributed by atoms with Crippen molar-refractivity contribution < 1.29 is 9.53 Å². The molecule has 5 nitrogen and oxygen atoms in total. The summed E-state index contributed by atoms with van der Waals surface area (Å²) >= 11 is 1.45. The van der Waals surface area contributed by atoms with Gasteiger partial charge in [-0.1, -0.05) is 0 Å². The molecule has 6 heteroatoms. The van der Waals surface area contributed by atoms with E-state index in [9.17, 15) is 4.79 Å². The number of aryl methyl sites for hydroxylation is 1. The Kier molecular flexibility index (Phi) is 4.87. The highest BCUT2D eigenvalue weighted by atomic mass is 32.1. The van der Waals surface area contributed by atoms with Crippen LogP contribution in [0.1, 0.15) is 34.6 Å². The summed E-state index contributed by atoms with van der Waals surface area (Å²) in [5, 5.41) is 0. The van der Waals surface area contributed by atoms with Gasteiger partial charge in [0.25, 0.3) is 5.91 Å². The Balaban J connectivity index is 1.55. The third kappa shape index (κ3) is 3.62. The summed E-state index contributed by atoms with van der Waals surface area (Å²) in [6.45, 7) is 7.50. The number of thiazole rings is 1. The Morgan fingerprint density at radius 1 is 1.38 bits per heavy atom. The summed E-state index contributed by atoms with van der Waals surface area (Å²) in [6.07, 6.45) is 3.81. The summed E-state index contributed by atoms with van der Waals surface area (Å²) in [4.78, 5) is 21.9. The highest BCUT2D eigenvalue weighted by molar-refractivity contribution is 7.11. The zero-order valence-corrected chi connectivity index (χ0v) is 13.4. The molecule has 1 aromatic heterocycles. The SMILES string of the molecule is Cc1ncsc1C(=O)N1CCCN(C[C@@H]2CCCO2)CC1. The van der Waals surface area contributed by atoms with Crippen LogP contribution in [0, 0.1) is 6.92 Å². The fourth-order valence-electron chi connectivity index (χ4n) is 3.08. The van der Waals surface area contributed by atoms with Crippen molar-refractivity contribution in [1.29, 1.82) is 0 Å². The van der Waals surface area contributed by atoms with Crippen molar-refractivity contribution in [2.45, 2.75) is 32.3 Å². The maximum absolute atomic E-state index is 12.5. The van der Waals surface area contributed by atoms with Crippen LogP contribution in [0.3, 0.4) is 0 Å². The fraction of sp³-hybridized carbons (Fsp3) is 0.733. The van der Waals surface area contributed by atoms with E-state index in [1.165, 1.54) is 24.2 Å². The third-order valence-electron chi connectivity index (χ3n) is 4.30. The molecule has 116 valence electrons. The molecule has 0 aliphatic carbocycles. The van der Waals surface area contributed by atoms with Gasteiger partial charge in [0.05, 0.1) is 17.3 Å². The van der Waals surface area contributed by atoms with Crippen LogP contribution in [0.4, 0.5) is 0 Å². The highest BCUT2D eigenvalue weighted by Crippen LogP contribution is 2.18. The number of hydrogen-bond acceptors (Lipinski definition) is 5. The molecule has 1 amide bonds. The van der Waals surface area contributed by atoms with Gasteiger partial charge in [0.1, 0.15) is 4.88 Å². The maximum Gasteiger partial charge on any atom is 0.265 e. The molecule has 0 spiro atoms. The van der Waals surface area contributed by atoms with Gasteiger partial charge in [-0.25, -0.2) is 4.98 Å². The molecular formula is C15H23N3O2S. The summed E-state index contributed by atoms with van der Waals surface area (Å²) in [7, 11) is 0. The van der Waals surface area contributed by atoms with Crippen LogP contribution in [0.15, 0.2) is 5.51 Å². The van der Waals surface area contributed by atoms with Gasteiger partial charge >= 0.3 is 0 Å². The van der Waals surface area contributed by atoms with E-state index < -0.39 is 0 Å². The number of aromatic nitrogens is 1. The first kappa shape index (κ1) is 14.9. The van der Waals surface area contributed by atoms with E-state index >= 15 is 0 Å². The first-order valence-corrected chi connectivity index (χ1v) is 8.65. The molecule has 0 radical (unpaired) electrons. The van der Waals surface area contributed by atoms with Gasteiger partial charge in [-0.15, -0.1) is 11.3 Å². The number of hydrogen-bond donors (Lipinski definition) is 0. The van der Waals surface area contributed by atoms with Crippen molar-refractivity contribution >= 4 is 17.2 Å². The lowest BCUT2D eigenvalue weighted by Crippen LogP contribution is -2.37. The van der Waals surface area contributed by atoms with Crippen molar-refractivity contribution in [2.75, 3.05) is 39.3 Å². The number of carbonyl (C=O) groups excluding carboxylic acids is 1. The summed E-state index contributed by atoms with van der Waals surface area (Å²) in [5.74, 6) is 0.147. The lowest BCUT2D eigenvalue weighted by atomic mass is 10.2. The Labute approximate surface area is 129 Å². The highest BCUT2D eigenvalue weighted by Gasteiger charge is 2.25.